The first-order chi connectivity index (χ1) is 12.1. The van der Waals surface area contributed by atoms with Gasteiger partial charge in [0.05, 0.1) is 11.2 Å². The lowest BCUT2D eigenvalue weighted by Crippen LogP contribution is -2.34. The van der Waals surface area contributed by atoms with Gasteiger partial charge < -0.3 is 16.0 Å². The molecular weight excluding hydrogens is 348 g/mol. The Morgan fingerprint density at radius 2 is 1.81 bits per heavy atom. The highest BCUT2D eigenvalue weighted by Crippen LogP contribution is 2.26. The van der Waals surface area contributed by atoms with E-state index in [0.717, 1.165) is 10.6 Å². The average Bonchev–Trinajstić information content (AvgIpc) is 3.03. The zero-order chi connectivity index (χ0) is 19.3. The number of carbonyl (C=O) groups excluding carboxylic acids is 2. The molecule has 140 valence electrons. The van der Waals surface area contributed by atoms with E-state index in [9.17, 15) is 9.59 Å². The average molecular weight is 375 g/mol. The Bertz CT molecular complexity index is 761. The molecule has 0 saturated carbocycles. The van der Waals surface area contributed by atoms with E-state index in [0.29, 0.717) is 17.1 Å². The molecule has 1 aromatic carbocycles. The Balaban J connectivity index is 1.88. The lowest BCUT2D eigenvalue weighted by molar-refractivity contribution is 0.0954. The van der Waals surface area contributed by atoms with E-state index in [4.69, 9.17) is 0 Å². The Hall–Kier alpha value is -2.41. The third-order valence-corrected chi connectivity index (χ3v) is 4.88. The van der Waals surface area contributed by atoms with E-state index < -0.39 is 0 Å². The summed E-state index contributed by atoms with van der Waals surface area (Å²) in [6, 6.07) is 7.21. The molecule has 0 aliphatic rings. The zero-order valence-electron chi connectivity index (χ0n) is 15.8. The number of nitrogens with one attached hydrogen (secondary N) is 3. The summed E-state index contributed by atoms with van der Waals surface area (Å²) in [5, 5.41) is 9.37. The first kappa shape index (κ1) is 19.9. The van der Waals surface area contributed by atoms with Crippen LogP contribution in [0.15, 0.2) is 30.5 Å². The number of anilines is 1. The van der Waals surface area contributed by atoms with Gasteiger partial charge in [-0.15, -0.1) is 11.3 Å². The second-order valence-electron chi connectivity index (χ2n) is 7.41. The number of carbonyl (C=O) groups is 2. The van der Waals surface area contributed by atoms with Crippen molar-refractivity contribution in [3.63, 3.8) is 0 Å². The van der Waals surface area contributed by atoms with Gasteiger partial charge in [0.2, 0.25) is 0 Å². The summed E-state index contributed by atoms with van der Waals surface area (Å²) in [5.74, 6) is -0.128. The maximum absolute atomic E-state index is 12.3. The van der Waals surface area contributed by atoms with Gasteiger partial charge in [-0.2, -0.15) is 0 Å². The monoisotopic (exact) mass is 374 g/mol. The number of thiazole rings is 1. The summed E-state index contributed by atoms with van der Waals surface area (Å²) in [4.78, 5) is 28.9. The van der Waals surface area contributed by atoms with Gasteiger partial charge in [-0.05, 0) is 31.5 Å². The highest BCUT2D eigenvalue weighted by atomic mass is 32.1. The molecule has 0 radical (unpaired) electrons. The first-order valence-electron chi connectivity index (χ1n) is 8.56. The van der Waals surface area contributed by atoms with Crippen LogP contribution in [0.3, 0.4) is 0 Å². The van der Waals surface area contributed by atoms with Crippen molar-refractivity contribution in [1.82, 2.24) is 15.6 Å². The SMILES string of the molecule is CC(C)NC(=O)Nc1ccc(CNC(=O)c2cnc(C(C)(C)C)s2)cc1. The number of benzene rings is 1. The number of hydrogen-bond donors (Lipinski definition) is 3. The van der Waals surface area contributed by atoms with E-state index in [1.54, 1.807) is 6.20 Å². The molecule has 0 unspecified atom stereocenters. The highest BCUT2D eigenvalue weighted by molar-refractivity contribution is 7.13. The topological polar surface area (TPSA) is 83.1 Å². The van der Waals surface area contributed by atoms with Crippen molar-refractivity contribution in [2.75, 3.05) is 5.32 Å². The zero-order valence-corrected chi connectivity index (χ0v) is 16.7. The van der Waals surface area contributed by atoms with Crippen molar-refractivity contribution in [3.8, 4) is 0 Å². The van der Waals surface area contributed by atoms with Gasteiger partial charge in [-0.1, -0.05) is 32.9 Å². The van der Waals surface area contributed by atoms with Crippen molar-refractivity contribution in [2.45, 2.75) is 52.6 Å². The van der Waals surface area contributed by atoms with Gasteiger partial charge in [0.25, 0.3) is 5.91 Å². The molecule has 0 spiro atoms. The summed E-state index contributed by atoms with van der Waals surface area (Å²) in [7, 11) is 0. The fraction of sp³-hybridized carbons (Fsp3) is 0.421. The Labute approximate surface area is 158 Å². The van der Waals surface area contributed by atoms with E-state index in [2.05, 4.69) is 41.7 Å². The molecule has 7 heteroatoms. The standard InChI is InChI=1S/C19H26N4O2S/c1-12(2)22-18(25)23-14-8-6-13(7-9-14)10-20-16(24)15-11-21-17(26-15)19(3,4)5/h6-9,11-12H,10H2,1-5H3,(H,20,24)(H2,22,23,25). The maximum Gasteiger partial charge on any atom is 0.319 e. The molecule has 1 aromatic heterocycles. The predicted molar refractivity (Wildman–Crippen MR) is 106 cm³/mol. The van der Waals surface area contributed by atoms with E-state index in [1.807, 2.05) is 38.1 Å². The van der Waals surface area contributed by atoms with Gasteiger partial charge >= 0.3 is 6.03 Å². The Morgan fingerprint density at radius 1 is 1.15 bits per heavy atom. The van der Waals surface area contributed by atoms with Crippen molar-refractivity contribution >= 4 is 29.0 Å². The smallest absolute Gasteiger partial charge is 0.319 e. The van der Waals surface area contributed by atoms with Crippen molar-refractivity contribution in [2.24, 2.45) is 0 Å². The summed E-state index contributed by atoms with van der Waals surface area (Å²) >= 11 is 1.42. The molecule has 0 aliphatic carbocycles. The third-order valence-electron chi connectivity index (χ3n) is 3.46. The van der Waals surface area contributed by atoms with Gasteiger partial charge in [0.1, 0.15) is 4.88 Å². The van der Waals surface area contributed by atoms with Crippen LogP contribution in [0, 0.1) is 0 Å². The molecule has 2 aromatic rings. The summed E-state index contributed by atoms with van der Waals surface area (Å²) < 4.78 is 0. The predicted octanol–water partition coefficient (Wildman–Crippen LogP) is 3.90. The molecule has 0 bridgehead atoms. The molecule has 0 saturated heterocycles. The molecule has 2 rings (SSSR count). The second-order valence-corrected chi connectivity index (χ2v) is 8.44. The highest BCUT2D eigenvalue weighted by Gasteiger charge is 2.20. The normalized spacial score (nSPS) is 11.3. The molecule has 26 heavy (non-hydrogen) atoms. The molecule has 0 aliphatic heterocycles. The molecule has 3 amide bonds. The van der Waals surface area contributed by atoms with Crippen molar-refractivity contribution in [1.29, 1.82) is 0 Å². The van der Waals surface area contributed by atoms with Crippen LogP contribution in [0.25, 0.3) is 0 Å². The number of amides is 3. The number of nitrogens with zero attached hydrogens (tertiary/aromatic N) is 1. The van der Waals surface area contributed by atoms with Crippen LogP contribution in [0.2, 0.25) is 0 Å². The van der Waals surface area contributed by atoms with Gasteiger partial charge in [-0.3, -0.25) is 4.79 Å². The second kappa shape index (κ2) is 8.31. The van der Waals surface area contributed by atoms with Crippen LogP contribution in [0.4, 0.5) is 10.5 Å². The maximum atomic E-state index is 12.3. The number of hydrogen-bond acceptors (Lipinski definition) is 4. The van der Waals surface area contributed by atoms with E-state index in [1.165, 1.54) is 11.3 Å². The Kier molecular flexibility index (Phi) is 6.37. The van der Waals surface area contributed by atoms with Crippen LogP contribution in [-0.2, 0) is 12.0 Å². The lowest BCUT2D eigenvalue weighted by atomic mass is 9.98. The summed E-state index contributed by atoms with van der Waals surface area (Å²) in [5.41, 5.74) is 1.60. The van der Waals surface area contributed by atoms with Gasteiger partial charge in [-0.25, -0.2) is 9.78 Å². The minimum atomic E-state index is -0.235. The molecule has 6 nitrogen and oxygen atoms in total. The third kappa shape index (κ3) is 5.84. The largest absolute Gasteiger partial charge is 0.347 e. The Morgan fingerprint density at radius 3 is 2.35 bits per heavy atom. The van der Waals surface area contributed by atoms with Crippen LogP contribution in [-0.4, -0.2) is 23.0 Å². The lowest BCUT2D eigenvalue weighted by Gasteiger charge is -2.13. The molecule has 0 fully saturated rings. The fourth-order valence-corrected chi connectivity index (χ4v) is 3.02. The molecule has 1 heterocycles. The van der Waals surface area contributed by atoms with Crippen LogP contribution >= 0.6 is 11.3 Å². The molecule has 3 N–H and O–H groups in total. The number of aromatic nitrogens is 1. The van der Waals surface area contributed by atoms with Crippen LogP contribution in [0.5, 0.6) is 0 Å². The van der Waals surface area contributed by atoms with Gasteiger partial charge in [0, 0.05) is 23.7 Å². The quantitative estimate of drug-likeness (QED) is 0.742. The number of urea groups is 1. The van der Waals surface area contributed by atoms with Crippen molar-refractivity contribution in [3.05, 3.63) is 45.9 Å². The fourth-order valence-electron chi connectivity index (χ4n) is 2.13. The summed E-state index contributed by atoms with van der Waals surface area (Å²) in [6.45, 7) is 10.4. The number of rotatable bonds is 5. The molecule has 0 atom stereocenters. The van der Waals surface area contributed by atoms with Crippen LogP contribution < -0.4 is 16.0 Å². The van der Waals surface area contributed by atoms with Gasteiger partial charge in [0.15, 0.2) is 0 Å². The van der Waals surface area contributed by atoms with E-state index >= 15 is 0 Å². The minimum absolute atomic E-state index is 0.0616. The van der Waals surface area contributed by atoms with Crippen molar-refractivity contribution < 1.29 is 9.59 Å². The van der Waals surface area contributed by atoms with Crippen LogP contribution in [0.1, 0.15) is 54.9 Å². The minimum Gasteiger partial charge on any atom is -0.347 e. The summed E-state index contributed by atoms with van der Waals surface area (Å²) in [6.07, 6.45) is 1.63. The molecular formula is C19H26N4O2S. The first-order valence-corrected chi connectivity index (χ1v) is 9.38. The van der Waals surface area contributed by atoms with E-state index in [-0.39, 0.29) is 23.4 Å².